The molecule has 2 rings (SSSR count). The molecule has 1 atom stereocenters. The first-order chi connectivity index (χ1) is 10.4. The molecule has 1 aliphatic rings. The summed E-state index contributed by atoms with van der Waals surface area (Å²) in [5, 5.41) is 13.0. The molecule has 3 N–H and O–H groups in total. The van der Waals surface area contributed by atoms with Crippen molar-refractivity contribution in [1.82, 2.24) is 10.6 Å². The van der Waals surface area contributed by atoms with E-state index in [-0.39, 0.29) is 12.6 Å². The smallest absolute Gasteiger partial charge is 0.315 e. The number of carbonyl (C=O) groups is 1. The molecule has 2 amide bonds. The van der Waals surface area contributed by atoms with E-state index in [1.807, 2.05) is 11.4 Å². The third-order valence-electron chi connectivity index (χ3n) is 3.25. The summed E-state index contributed by atoms with van der Waals surface area (Å²) >= 11 is 0. The van der Waals surface area contributed by atoms with Gasteiger partial charge in [-0.25, -0.2) is 13.6 Å². The molecule has 0 fully saturated rings. The Labute approximate surface area is 126 Å². The molecule has 6 nitrogen and oxygen atoms in total. The zero-order valence-electron chi connectivity index (χ0n) is 12.1. The number of hydrogen-bond donors (Lipinski definition) is 3. The quantitative estimate of drug-likeness (QED) is 0.755. The first-order valence-electron chi connectivity index (χ1n) is 6.76. The fourth-order valence-corrected chi connectivity index (χ4v) is 2.07. The van der Waals surface area contributed by atoms with Crippen LogP contribution >= 0.6 is 0 Å². The Kier molecular flexibility index (Phi) is 5.02. The summed E-state index contributed by atoms with van der Waals surface area (Å²) in [7, 11) is 1.56. The SMILES string of the molecule is COc1ccc2c(c1)OCC(NC(=O)NCC(F)(F)CO)C2. The molecule has 1 aromatic rings. The Morgan fingerprint density at radius 1 is 1.55 bits per heavy atom. The standard InChI is InChI=1S/C14H18F2N2O4/c1-21-11-3-2-9-4-10(6-22-12(9)5-11)18-13(20)17-7-14(15,16)8-19/h2-3,5,10,19H,4,6-8H2,1H3,(H2,17,18,20). The average molecular weight is 316 g/mol. The molecule has 0 aliphatic carbocycles. The van der Waals surface area contributed by atoms with Crippen molar-refractivity contribution >= 4 is 6.03 Å². The highest BCUT2D eigenvalue weighted by atomic mass is 19.3. The molecule has 0 radical (unpaired) electrons. The zero-order chi connectivity index (χ0) is 16.2. The van der Waals surface area contributed by atoms with Gasteiger partial charge in [-0.15, -0.1) is 0 Å². The predicted octanol–water partition coefficient (Wildman–Crippen LogP) is 0.925. The molecule has 0 saturated heterocycles. The molecule has 122 valence electrons. The van der Waals surface area contributed by atoms with Crippen molar-refractivity contribution in [3.05, 3.63) is 23.8 Å². The number of ether oxygens (including phenoxy) is 2. The second kappa shape index (κ2) is 6.78. The first kappa shape index (κ1) is 16.3. The highest BCUT2D eigenvalue weighted by Crippen LogP contribution is 2.28. The molecule has 0 aromatic heterocycles. The van der Waals surface area contributed by atoms with E-state index in [4.69, 9.17) is 14.6 Å². The second-order valence-electron chi connectivity index (χ2n) is 5.03. The molecular formula is C14H18F2N2O4. The number of carbonyl (C=O) groups excluding carboxylic acids is 1. The normalized spacial score (nSPS) is 17.2. The summed E-state index contributed by atoms with van der Waals surface area (Å²) in [4.78, 5) is 11.6. The minimum Gasteiger partial charge on any atom is -0.497 e. The second-order valence-corrected chi connectivity index (χ2v) is 5.03. The van der Waals surface area contributed by atoms with Gasteiger partial charge >= 0.3 is 6.03 Å². The Morgan fingerprint density at radius 2 is 2.32 bits per heavy atom. The predicted molar refractivity (Wildman–Crippen MR) is 74.5 cm³/mol. The van der Waals surface area contributed by atoms with E-state index >= 15 is 0 Å². The van der Waals surface area contributed by atoms with Gasteiger partial charge in [-0.05, 0) is 18.1 Å². The summed E-state index contributed by atoms with van der Waals surface area (Å²) in [5.74, 6) is -1.97. The van der Waals surface area contributed by atoms with E-state index in [9.17, 15) is 13.6 Å². The monoisotopic (exact) mass is 316 g/mol. The Hall–Kier alpha value is -2.09. The van der Waals surface area contributed by atoms with Crippen LogP contribution in [0.5, 0.6) is 11.5 Å². The number of benzene rings is 1. The number of fused-ring (bicyclic) bond motifs is 1. The molecule has 0 spiro atoms. The van der Waals surface area contributed by atoms with Crippen molar-refractivity contribution in [2.75, 3.05) is 26.9 Å². The average Bonchev–Trinajstić information content (AvgIpc) is 2.52. The van der Waals surface area contributed by atoms with E-state index in [1.54, 1.807) is 19.2 Å². The lowest BCUT2D eigenvalue weighted by molar-refractivity contribution is -0.0454. The number of rotatable bonds is 5. The highest BCUT2D eigenvalue weighted by Gasteiger charge is 2.29. The van der Waals surface area contributed by atoms with Gasteiger partial charge in [0.15, 0.2) is 0 Å². The summed E-state index contributed by atoms with van der Waals surface area (Å²) in [6.07, 6.45) is 0.531. The summed E-state index contributed by atoms with van der Waals surface area (Å²) in [5.41, 5.74) is 0.901. The molecule has 8 heteroatoms. The fraction of sp³-hybridized carbons (Fsp3) is 0.500. The van der Waals surface area contributed by atoms with E-state index in [2.05, 4.69) is 5.32 Å². The first-order valence-corrected chi connectivity index (χ1v) is 6.76. The summed E-state index contributed by atoms with van der Waals surface area (Å²) in [6, 6.07) is 4.34. The van der Waals surface area contributed by atoms with Crippen molar-refractivity contribution < 1.29 is 28.2 Å². The highest BCUT2D eigenvalue weighted by molar-refractivity contribution is 5.74. The van der Waals surface area contributed by atoms with Crippen LogP contribution in [0.15, 0.2) is 18.2 Å². The van der Waals surface area contributed by atoms with Crippen LogP contribution in [-0.4, -0.2) is 50.0 Å². The molecule has 1 aromatic carbocycles. The van der Waals surface area contributed by atoms with Crippen molar-refractivity contribution in [2.45, 2.75) is 18.4 Å². The van der Waals surface area contributed by atoms with Crippen LogP contribution in [0.1, 0.15) is 5.56 Å². The number of nitrogens with one attached hydrogen (secondary N) is 2. The minimum atomic E-state index is -3.33. The van der Waals surface area contributed by atoms with Gasteiger partial charge in [-0.2, -0.15) is 0 Å². The number of aliphatic hydroxyl groups excluding tert-OH is 1. The van der Waals surface area contributed by atoms with Crippen LogP contribution in [0.2, 0.25) is 0 Å². The lowest BCUT2D eigenvalue weighted by Gasteiger charge is -2.26. The number of hydrogen-bond acceptors (Lipinski definition) is 4. The van der Waals surface area contributed by atoms with Crippen molar-refractivity contribution in [3.8, 4) is 11.5 Å². The van der Waals surface area contributed by atoms with Gasteiger partial charge in [0.1, 0.15) is 24.7 Å². The molecule has 0 saturated carbocycles. The maximum Gasteiger partial charge on any atom is 0.315 e. The third-order valence-corrected chi connectivity index (χ3v) is 3.25. The van der Waals surface area contributed by atoms with Crippen LogP contribution in [-0.2, 0) is 6.42 Å². The van der Waals surface area contributed by atoms with Gasteiger partial charge in [0.2, 0.25) is 0 Å². The van der Waals surface area contributed by atoms with Gasteiger partial charge < -0.3 is 25.2 Å². The van der Waals surface area contributed by atoms with Crippen LogP contribution < -0.4 is 20.1 Å². The minimum absolute atomic E-state index is 0.240. The Morgan fingerprint density at radius 3 is 3.00 bits per heavy atom. The zero-order valence-corrected chi connectivity index (χ0v) is 12.1. The number of aliphatic hydroxyl groups is 1. The van der Waals surface area contributed by atoms with Gasteiger partial charge in [0.05, 0.1) is 19.7 Å². The molecule has 1 unspecified atom stereocenters. The topological polar surface area (TPSA) is 79.8 Å². The largest absolute Gasteiger partial charge is 0.497 e. The van der Waals surface area contributed by atoms with Crippen LogP contribution in [0.25, 0.3) is 0 Å². The molecule has 22 heavy (non-hydrogen) atoms. The van der Waals surface area contributed by atoms with E-state index in [0.29, 0.717) is 17.9 Å². The van der Waals surface area contributed by atoms with Crippen LogP contribution in [0.3, 0.4) is 0 Å². The van der Waals surface area contributed by atoms with Crippen LogP contribution in [0.4, 0.5) is 13.6 Å². The number of urea groups is 1. The lowest BCUT2D eigenvalue weighted by Crippen LogP contribution is -2.50. The number of methoxy groups -OCH3 is 1. The van der Waals surface area contributed by atoms with Crippen molar-refractivity contribution in [1.29, 1.82) is 0 Å². The Bertz CT molecular complexity index is 540. The number of halogens is 2. The Balaban J connectivity index is 1.86. The molecular weight excluding hydrogens is 298 g/mol. The van der Waals surface area contributed by atoms with Crippen molar-refractivity contribution in [3.63, 3.8) is 0 Å². The lowest BCUT2D eigenvalue weighted by atomic mass is 10.0. The number of amides is 2. The van der Waals surface area contributed by atoms with E-state index in [0.717, 1.165) is 5.56 Å². The van der Waals surface area contributed by atoms with Gasteiger partial charge in [-0.1, -0.05) is 6.07 Å². The summed E-state index contributed by atoms with van der Waals surface area (Å²) < 4.78 is 36.3. The molecule has 1 heterocycles. The van der Waals surface area contributed by atoms with Gasteiger partial charge in [0, 0.05) is 6.07 Å². The van der Waals surface area contributed by atoms with E-state index in [1.165, 1.54) is 0 Å². The maximum atomic E-state index is 12.8. The van der Waals surface area contributed by atoms with E-state index < -0.39 is 25.1 Å². The third kappa shape index (κ3) is 4.20. The van der Waals surface area contributed by atoms with Crippen LogP contribution in [0, 0.1) is 0 Å². The van der Waals surface area contributed by atoms with Gasteiger partial charge in [0.25, 0.3) is 5.92 Å². The molecule has 0 bridgehead atoms. The summed E-state index contributed by atoms with van der Waals surface area (Å²) in [6.45, 7) is -1.99. The maximum absolute atomic E-state index is 12.8. The van der Waals surface area contributed by atoms with Crippen molar-refractivity contribution in [2.24, 2.45) is 0 Å². The van der Waals surface area contributed by atoms with Gasteiger partial charge in [-0.3, -0.25) is 0 Å². The fourth-order valence-electron chi connectivity index (χ4n) is 2.07. The molecule has 1 aliphatic heterocycles. The number of alkyl halides is 2.